The van der Waals surface area contributed by atoms with Crippen LogP contribution in [0.4, 0.5) is 0 Å². The average molecular weight is 367 g/mol. The first kappa shape index (κ1) is 16.9. The number of aromatic nitrogens is 3. The van der Waals surface area contributed by atoms with Gasteiger partial charge in [-0.1, -0.05) is 48.6 Å². The van der Waals surface area contributed by atoms with Crippen molar-refractivity contribution in [3.05, 3.63) is 94.7 Å². The van der Waals surface area contributed by atoms with Gasteiger partial charge in [0.15, 0.2) is 0 Å². The van der Waals surface area contributed by atoms with E-state index >= 15 is 0 Å². The number of nitrogens with one attached hydrogen (secondary N) is 1. The average Bonchev–Trinajstić information content (AvgIpc) is 3.03. The SMILES string of the molecule is O=c1nc2ccccc2cnc1C1CC=CC(Cc2cc3ccccc3[nH]2)C1. The Morgan fingerprint density at radius 2 is 1.86 bits per heavy atom. The molecular weight excluding hydrogens is 346 g/mol. The number of aromatic amines is 1. The van der Waals surface area contributed by atoms with Crippen LogP contribution in [-0.2, 0) is 6.42 Å². The van der Waals surface area contributed by atoms with E-state index in [1.54, 1.807) is 6.20 Å². The van der Waals surface area contributed by atoms with Crippen LogP contribution in [0.2, 0.25) is 0 Å². The molecule has 4 heteroatoms. The van der Waals surface area contributed by atoms with Gasteiger partial charge in [-0.15, -0.1) is 0 Å². The van der Waals surface area contributed by atoms with Gasteiger partial charge in [0.2, 0.25) is 0 Å². The maximum atomic E-state index is 12.7. The summed E-state index contributed by atoms with van der Waals surface area (Å²) in [6, 6.07) is 18.2. The number of H-pyrrole nitrogens is 1. The van der Waals surface area contributed by atoms with Crippen LogP contribution in [0.25, 0.3) is 21.8 Å². The molecule has 0 amide bonds. The van der Waals surface area contributed by atoms with Crippen molar-refractivity contribution in [2.75, 3.05) is 0 Å². The molecular formula is C24H21N3O. The lowest BCUT2D eigenvalue weighted by atomic mass is 9.82. The van der Waals surface area contributed by atoms with Crippen LogP contribution < -0.4 is 5.56 Å². The van der Waals surface area contributed by atoms with E-state index in [-0.39, 0.29) is 11.5 Å². The van der Waals surface area contributed by atoms with Crippen LogP contribution in [0.5, 0.6) is 0 Å². The van der Waals surface area contributed by atoms with E-state index in [1.807, 2.05) is 30.3 Å². The molecule has 1 N–H and O–H groups in total. The van der Waals surface area contributed by atoms with Crippen LogP contribution in [0.1, 0.15) is 30.1 Å². The highest BCUT2D eigenvalue weighted by molar-refractivity contribution is 5.80. The Bertz CT molecular complexity index is 1210. The van der Waals surface area contributed by atoms with Crippen molar-refractivity contribution < 1.29 is 0 Å². The number of nitrogens with zero attached hydrogens (tertiary/aromatic N) is 2. The molecule has 2 atom stereocenters. The quantitative estimate of drug-likeness (QED) is 0.531. The molecule has 0 radical (unpaired) electrons. The standard InChI is InChI=1S/C24H21N3O/c28-24-23(25-15-19-8-2-4-11-22(19)27-24)18-9-5-6-16(12-18)13-20-14-17-7-1-3-10-21(17)26-20/h1-8,10-11,14-16,18,26H,9,12-13H2. The lowest BCUT2D eigenvalue weighted by Gasteiger charge is -2.23. The fourth-order valence-electron chi connectivity index (χ4n) is 4.22. The van der Waals surface area contributed by atoms with Crippen LogP contribution in [0, 0.1) is 5.92 Å². The summed E-state index contributed by atoms with van der Waals surface area (Å²) >= 11 is 0. The van der Waals surface area contributed by atoms with Crippen LogP contribution in [0.3, 0.4) is 0 Å². The van der Waals surface area contributed by atoms with E-state index in [4.69, 9.17) is 0 Å². The first-order valence-electron chi connectivity index (χ1n) is 9.75. The van der Waals surface area contributed by atoms with Gasteiger partial charge in [-0.2, -0.15) is 0 Å². The normalized spacial score (nSPS) is 19.3. The van der Waals surface area contributed by atoms with Gasteiger partial charge in [0.1, 0.15) is 5.69 Å². The van der Waals surface area contributed by atoms with Gasteiger partial charge in [0.05, 0.1) is 5.52 Å². The fourth-order valence-corrected chi connectivity index (χ4v) is 4.22. The van der Waals surface area contributed by atoms with Gasteiger partial charge in [-0.05, 0) is 48.8 Å². The number of fused-ring (bicyclic) bond motifs is 2. The van der Waals surface area contributed by atoms with Crippen molar-refractivity contribution in [2.24, 2.45) is 5.92 Å². The van der Waals surface area contributed by atoms with E-state index in [1.165, 1.54) is 16.6 Å². The smallest absolute Gasteiger partial charge is 0.292 e. The summed E-state index contributed by atoms with van der Waals surface area (Å²) in [5.41, 5.74) is 3.48. The van der Waals surface area contributed by atoms with Gasteiger partial charge >= 0.3 is 0 Å². The Balaban J connectivity index is 1.42. The van der Waals surface area contributed by atoms with Crippen LogP contribution in [-0.4, -0.2) is 15.0 Å². The Morgan fingerprint density at radius 3 is 2.75 bits per heavy atom. The molecule has 4 aromatic rings. The van der Waals surface area contributed by atoms with Crippen molar-refractivity contribution in [1.82, 2.24) is 15.0 Å². The summed E-state index contributed by atoms with van der Waals surface area (Å²) in [6.45, 7) is 0. The maximum absolute atomic E-state index is 12.7. The summed E-state index contributed by atoms with van der Waals surface area (Å²) in [5, 5.41) is 2.13. The van der Waals surface area contributed by atoms with Crippen molar-refractivity contribution in [1.29, 1.82) is 0 Å². The summed E-state index contributed by atoms with van der Waals surface area (Å²) in [6.07, 6.45) is 8.94. The van der Waals surface area contributed by atoms with Crippen molar-refractivity contribution in [3.8, 4) is 0 Å². The van der Waals surface area contributed by atoms with Crippen molar-refractivity contribution in [3.63, 3.8) is 0 Å². The zero-order valence-corrected chi connectivity index (χ0v) is 15.5. The number of allylic oxidation sites excluding steroid dienone is 2. The second-order valence-corrected chi connectivity index (χ2v) is 7.56. The van der Waals surface area contributed by atoms with Gasteiger partial charge in [0, 0.05) is 28.7 Å². The number of para-hydroxylation sites is 2. The highest BCUT2D eigenvalue weighted by Gasteiger charge is 2.23. The molecule has 2 aromatic carbocycles. The minimum Gasteiger partial charge on any atom is -0.358 e. The zero-order valence-electron chi connectivity index (χ0n) is 15.5. The number of hydrogen-bond donors (Lipinski definition) is 1. The third kappa shape index (κ3) is 3.22. The second kappa shape index (κ2) is 7.04. The van der Waals surface area contributed by atoms with Gasteiger partial charge in [-0.3, -0.25) is 9.78 Å². The second-order valence-electron chi connectivity index (χ2n) is 7.56. The monoisotopic (exact) mass is 367 g/mol. The number of benzene rings is 2. The fraction of sp³-hybridized carbons (Fsp3) is 0.208. The molecule has 0 bridgehead atoms. The molecule has 2 heterocycles. The highest BCUT2D eigenvalue weighted by Crippen LogP contribution is 2.32. The van der Waals surface area contributed by atoms with E-state index in [2.05, 4.69) is 51.4 Å². The lowest BCUT2D eigenvalue weighted by molar-refractivity contribution is 0.470. The van der Waals surface area contributed by atoms with E-state index in [9.17, 15) is 4.79 Å². The van der Waals surface area contributed by atoms with Gasteiger partial charge < -0.3 is 4.98 Å². The summed E-state index contributed by atoms with van der Waals surface area (Å²) in [7, 11) is 0. The van der Waals surface area contributed by atoms with E-state index < -0.39 is 0 Å². The van der Waals surface area contributed by atoms with E-state index in [0.29, 0.717) is 17.1 Å². The van der Waals surface area contributed by atoms with Crippen molar-refractivity contribution >= 4 is 21.8 Å². The molecule has 2 unspecified atom stereocenters. The molecule has 1 aliphatic carbocycles. The Hall–Kier alpha value is -3.27. The molecule has 138 valence electrons. The zero-order chi connectivity index (χ0) is 18.9. The molecule has 1 aliphatic rings. The summed E-state index contributed by atoms with van der Waals surface area (Å²) < 4.78 is 0. The largest absolute Gasteiger partial charge is 0.358 e. The minimum atomic E-state index is -0.203. The maximum Gasteiger partial charge on any atom is 0.292 e. The first-order chi connectivity index (χ1) is 13.8. The molecule has 0 saturated carbocycles. The predicted molar refractivity (Wildman–Crippen MR) is 112 cm³/mol. The molecule has 0 fully saturated rings. The van der Waals surface area contributed by atoms with Gasteiger partial charge in [0.25, 0.3) is 5.56 Å². The Kier molecular flexibility index (Phi) is 4.24. The third-order valence-electron chi connectivity index (χ3n) is 5.59. The van der Waals surface area contributed by atoms with E-state index in [0.717, 1.165) is 24.6 Å². The number of rotatable bonds is 3. The highest BCUT2D eigenvalue weighted by atomic mass is 16.1. The van der Waals surface area contributed by atoms with Crippen molar-refractivity contribution in [2.45, 2.75) is 25.2 Å². The molecule has 4 nitrogen and oxygen atoms in total. The van der Waals surface area contributed by atoms with Gasteiger partial charge in [-0.25, -0.2) is 4.98 Å². The lowest BCUT2D eigenvalue weighted by Crippen LogP contribution is -2.20. The Morgan fingerprint density at radius 1 is 1.04 bits per heavy atom. The molecule has 5 rings (SSSR count). The third-order valence-corrected chi connectivity index (χ3v) is 5.59. The topological polar surface area (TPSA) is 58.6 Å². The number of hydrogen-bond acceptors (Lipinski definition) is 3. The summed E-state index contributed by atoms with van der Waals surface area (Å²) in [4.78, 5) is 25.1. The predicted octanol–water partition coefficient (Wildman–Crippen LogP) is 4.76. The first-order valence-corrected chi connectivity index (χ1v) is 9.75. The summed E-state index contributed by atoms with van der Waals surface area (Å²) in [5.74, 6) is 0.495. The Labute approximate surface area is 163 Å². The van der Waals surface area contributed by atoms with Crippen LogP contribution >= 0.6 is 0 Å². The molecule has 0 spiro atoms. The molecule has 0 aliphatic heterocycles. The molecule has 2 aromatic heterocycles. The molecule has 0 saturated heterocycles. The minimum absolute atomic E-state index is 0.112. The van der Waals surface area contributed by atoms with Crippen LogP contribution in [0.15, 0.2) is 77.7 Å². The molecule has 28 heavy (non-hydrogen) atoms.